The van der Waals surface area contributed by atoms with Crippen molar-refractivity contribution in [1.29, 1.82) is 0 Å². The van der Waals surface area contributed by atoms with Gasteiger partial charge in [-0.05, 0) is 43.5 Å². The largest absolute Gasteiger partial charge is 0.489 e. The smallest absolute Gasteiger partial charge is 0.119 e. The van der Waals surface area contributed by atoms with Crippen molar-refractivity contribution in [3.63, 3.8) is 0 Å². The topological polar surface area (TPSA) is 35.2 Å². The molecule has 100 valence electrons. The first-order chi connectivity index (χ1) is 9.13. The van der Waals surface area contributed by atoms with E-state index in [9.17, 15) is 0 Å². The van der Waals surface area contributed by atoms with E-state index in [1.165, 1.54) is 16.7 Å². The number of nitrogens with two attached hydrogens (primary N) is 1. The van der Waals surface area contributed by atoms with Gasteiger partial charge in [0.25, 0.3) is 0 Å². The summed E-state index contributed by atoms with van der Waals surface area (Å²) in [5.74, 6) is 0.898. The molecule has 0 aromatic heterocycles. The standard InChI is InChI=1S/C17H21NO/c1-13-4-3-5-16(10-13)12-19-17-8-6-15(7-9-17)11-14(2)18/h3-10,14H,11-12,18H2,1-2H3. The maximum absolute atomic E-state index is 5.78. The Labute approximate surface area is 115 Å². The van der Waals surface area contributed by atoms with Gasteiger partial charge in [-0.15, -0.1) is 0 Å². The van der Waals surface area contributed by atoms with Crippen LogP contribution in [0.1, 0.15) is 23.6 Å². The molecule has 2 rings (SSSR count). The first-order valence-corrected chi connectivity index (χ1v) is 6.66. The second-order valence-electron chi connectivity index (χ2n) is 5.10. The van der Waals surface area contributed by atoms with E-state index in [-0.39, 0.29) is 6.04 Å². The Balaban J connectivity index is 1.93. The summed E-state index contributed by atoms with van der Waals surface area (Å²) in [7, 11) is 0. The summed E-state index contributed by atoms with van der Waals surface area (Å²) in [4.78, 5) is 0. The molecule has 0 fully saturated rings. The zero-order chi connectivity index (χ0) is 13.7. The molecule has 0 bridgehead atoms. The summed E-state index contributed by atoms with van der Waals surface area (Å²) in [6.45, 7) is 4.71. The third-order valence-corrected chi connectivity index (χ3v) is 2.97. The number of hydrogen-bond acceptors (Lipinski definition) is 2. The highest BCUT2D eigenvalue weighted by Gasteiger charge is 2.00. The van der Waals surface area contributed by atoms with Crippen molar-refractivity contribution in [2.75, 3.05) is 0 Å². The average molecular weight is 255 g/mol. The van der Waals surface area contributed by atoms with Crippen LogP contribution >= 0.6 is 0 Å². The van der Waals surface area contributed by atoms with Crippen molar-refractivity contribution in [3.8, 4) is 5.75 Å². The minimum atomic E-state index is 0.194. The third kappa shape index (κ3) is 4.42. The molecule has 0 heterocycles. The van der Waals surface area contributed by atoms with Crippen molar-refractivity contribution in [1.82, 2.24) is 0 Å². The molecular weight excluding hydrogens is 234 g/mol. The van der Waals surface area contributed by atoms with E-state index < -0.39 is 0 Å². The fraction of sp³-hybridized carbons (Fsp3) is 0.294. The molecule has 0 amide bonds. The highest BCUT2D eigenvalue weighted by Crippen LogP contribution is 2.15. The third-order valence-electron chi connectivity index (χ3n) is 2.97. The second-order valence-corrected chi connectivity index (χ2v) is 5.10. The van der Waals surface area contributed by atoms with E-state index >= 15 is 0 Å². The number of rotatable bonds is 5. The predicted molar refractivity (Wildman–Crippen MR) is 79.3 cm³/mol. The van der Waals surface area contributed by atoms with Crippen molar-refractivity contribution >= 4 is 0 Å². The van der Waals surface area contributed by atoms with Gasteiger partial charge in [-0.25, -0.2) is 0 Å². The molecule has 0 spiro atoms. The molecule has 2 heteroatoms. The predicted octanol–water partition coefficient (Wildman–Crippen LogP) is 3.46. The highest BCUT2D eigenvalue weighted by molar-refractivity contribution is 5.28. The first kappa shape index (κ1) is 13.6. The number of ether oxygens (including phenoxy) is 1. The number of hydrogen-bond donors (Lipinski definition) is 1. The Morgan fingerprint density at radius 2 is 1.79 bits per heavy atom. The lowest BCUT2D eigenvalue weighted by atomic mass is 10.1. The lowest BCUT2D eigenvalue weighted by Crippen LogP contribution is -2.17. The summed E-state index contributed by atoms with van der Waals surface area (Å²) in [6.07, 6.45) is 0.901. The van der Waals surface area contributed by atoms with Crippen molar-refractivity contribution in [2.24, 2.45) is 5.73 Å². The van der Waals surface area contributed by atoms with Gasteiger partial charge in [0, 0.05) is 6.04 Å². The Hall–Kier alpha value is -1.80. The van der Waals surface area contributed by atoms with Gasteiger partial charge < -0.3 is 10.5 Å². The molecule has 0 saturated carbocycles. The maximum Gasteiger partial charge on any atom is 0.119 e. The summed E-state index contributed by atoms with van der Waals surface area (Å²) in [5.41, 5.74) is 9.48. The molecule has 2 N–H and O–H groups in total. The van der Waals surface area contributed by atoms with E-state index in [0.717, 1.165) is 12.2 Å². The number of aryl methyl sites for hydroxylation is 1. The molecule has 2 aromatic rings. The van der Waals surface area contributed by atoms with Crippen LogP contribution < -0.4 is 10.5 Å². The average Bonchev–Trinajstić information content (AvgIpc) is 2.37. The van der Waals surface area contributed by atoms with Gasteiger partial charge >= 0.3 is 0 Å². The molecule has 0 aliphatic heterocycles. The Morgan fingerprint density at radius 1 is 1.05 bits per heavy atom. The van der Waals surface area contributed by atoms with Crippen molar-refractivity contribution in [2.45, 2.75) is 32.9 Å². The molecule has 0 aliphatic carbocycles. The van der Waals surface area contributed by atoms with Gasteiger partial charge in [0.15, 0.2) is 0 Å². The van der Waals surface area contributed by atoms with E-state index in [2.05, 4.69) is 43.3 Å². The molecule has 0 saturated heterocycles. The summed E-state index contributed by atoms with van der Waals surface area (Å²) >= 11 is 0. The van der Waals surface area contributed by atoms with E-state index in [0.29, 0.717) is 6.61 Å². The molecule has 0 radical (unpaired) electrons. The van der Waals surface area contributed by atoms with Crippen LogP contribution in [0.5, 0.6) is 5.75 Å². The van der Waals surface area contributed by atoms with Gasteiger partial charge in [0.2, 0.25) is 0 Å². The fourth-order valence-corrected chi connectivity index (χ4v) is 2.06. The molecular formula is C17H21NO. The Morgan fingerprint density at radius 3 is 2.42 bits per heavy atom. The van der Waals surface area contributed by atoms with Gasteiger partial charge in [-0.1, -0.05) is 42.0 Å². The lowest BCUT2D eigenvalue weighted by Gasteiger charge is -2.09. The van der Waals surface area contributed by atoms with Gasteiger partial charge in [0.05, 0.1) is 0 Å². The first-order valence-electron chi connectivity index (χ1n) is 6.66. The van der Waals surface area contributed by atoms with Crippen LogP contribution in [0.15, 0.2) is 48.5 Å². The molecule has 1 unspecified atom stereocenters. The van der Waals surface area contributed by atoms with Crippen LogP contribution in [-0.2, 0) is 13.0 Å². The molecule has 2 aromatic carbocycles. The van der Waals surface area contributed by atoms with E-state index in [1.807, 2.05) is 19.1 Å². The SMILES string of the molecule is Cc1cccc(COc2ccc(CC(C)N)cc2)c1. The Bertz CT molecular complexity index is 517. The fourth-order valence-electron chi connectivity index (χ4n) is 2.06. The quantitative estimate of drug-likeness (QED) is 0.888. The summed E-state index contributed by atoms with van der Waals surface area (Å²) in [6, 6.07) is 16.7. The van der Waals surface area contributed by atoms with Crippen LogP contribution in [0.4, 0.5) is 0 Å². The van der Waals surface area contributed by atoms with Crippen molar-refractivity contribution < 1.29 is 4.74 Å². The zero-order valence-corrected chi connectivity index (χ0v) is 11.6. The summed E-state index contributed by atoms with van der Waals surface area (Å²) < 4.78 is 5.78. The van der Waals surface area contributed by atoms with E-state index in [1.54, 1.807) is 0 Å². The van der Waals surface area contributed by atoms with Crippen LogP contribution in [0.3, 0.4) is 0 Å². The van der Waals surface area contributed by atoms with Crippen LogP contribution in [0.2, 0.25) is 0 Å². The van der Waals surface area contributed by atoms with Crippen LogP contribution in [0, 0.1) is 6.92 Å². The molecule has 1 atom stereocenters. The van der Waals surface area contributed by atoms with Crippen LogP contribution in [-0.4, -0.2) is 6.04 Å². The lowest BCUT2D eigenvalue weighted by molar-refractivity contribution is 0.306. The van der Waals surface area contributed by atoms with Gasteiger partial charge in [-0.3, -0.25) is 0 Å². The summed E-state index contributed by atoms with van der Waals surface area (Å²) in [5, 5.41) is 0. The van der Waals surface area contributed by atoms with Crippen LogP contribution in [0.25, 0.3) is 0 Å². The molecule has 0 aliphatic rings. The minimum absolute atomic E-state index is 0.194. The highest BCUT2D eigenvalue weighted by atomic mass is 16.5. The zero-order valence-electron chi connectivity index (χ0n) is 11.6. The maximum atomic E-state index is 5.78. The number of benzene rings is 2. The van der Waals surface area contributed by atoms with Gasteiger partial charge in [-0.2, -0.15) is 0 Å². The van der Waals surface area contributed by atoms with E-state index in [4.69, 9.17) is 10.5 Å². The minimum Gasteiger partial charge on any atom is -0.489 e. The van der Waals surface area contributed by atoms with Gasteiger partial charge in [0.1, 0.15) is 12.4 Å². The Kier molecular flexibility index (Phi) is 4.58. The molecule has 19 heavy (non-hydrogen) atoms. The monoisotopic (exact) mass is 255 g/mol. The molecule has 2 nitrogen and oxygen atoms in total. The normalized spacial score (nSPS) is 12.2. The van der Waals surface area contributed by atoms with Crippen molar-refractivity contribution in [3.05, 3.63) is 65.2 Å². The second kappa shape index (κ2) is 6.39.